The number of hydrogen-bond donors (Lipinski definition) is 0. The van der Waals surface area contributed by atoms with Crippen molar-refractivity contribution in [2.75, 3.05) is 13.2 Å². The fourth-order valence-corrected chi connectivity index (χ4v) is 9.71. The van der Waals surface area contributed by atoms with Crippen LogP contribution >= 0.6 is 0 Å². The fourth-order valence-electron chi connectivity index (χ4n) is 9.71. The molecular formula is C74H128O6. The first-order chi connectivity index (χ1) is 39.5. The van der Waals surface area contributed by atoms with E-state index in [1.54, 1.807) is 0 Å². The number of esters is 3. The summed E-state index contributed by atoms with van der Waals surface area (Å²) in [5, 5.41) is 0. The smallest absolute Gasteiger partial charge is 0.306 e. The van der Waals surface area contributed by atoms with Gasteiger partial charge in [-0.2, -0.15) is 0 Å². The van der Waals surface area contributed by atoms with Gasteiger partial charge in [-0.3, -0.25) is 14.4 Å². The van der Waals surface area contributed by atoms with Crippen LogP contribution in [-0.2, 0) is 28.6 Å². The van der Waals surface area contributed by atoms with E-state index in [0.29, 0.717) is 19.3 Å². The van der Waals surface area contributed by atoms with Crippen molar-refractivity contribution in [3.8, 4) is 0 Å². The molecule has 6 heteroatoms. The second kappa shape index (κ2) is 67.8. The quantitative estimate of drug-likeness (QED) is 0.0261. The summed E-state index contributed by atoms with van der Waals surface area (Å²) in [6, 6.07) is 0. The van der Waals surface area contributed by atoms with Crippen LogP contribution in [0.1, 0.15) is 335 Å². The van der Waals surface area contributed by atoms with Gasteiger partial charge in [0.2, 0.25) is 0 Å². The van der Waals surface area contributed by atoms with Crippen molar-refractivity contribution in [3.63, 3.8) is 0 Å². The molecule has 0 spiro atoms. The summed E-state index contributed by atoms with van der Waals surface area (Å²) >= 11 is 0. The predicted octanol–water partition coefficient (Wildman–Crippen LogP) is 23.6. The Bertz CT molecular complexity index is 1560. The highest BCUT2D eigenvalue weighted by atomic mass is 16.6. The first-order valence-electron chi connectivity index (χ1n) is 34.2. The Labute approximate surface area is 496 Å². The Morgan fingerprint density at radius 1 is 0.263 bits per heavy atom. The highest BCUT2D eigenvalue weighted by molar-refractivity contribution is 5.71. The van der Waals surface area contributed by atoms with Gasteiger partial charge < -0.3 is 14.2 Å². The minimum absolute atomic E-state index is 0.0824. The lowest BCUT2D eigenvalue weighted by Crippen LogP contribution is -2.30. The average Bonchev–Trinajstić information content (AvgIpc) is 3.46. The normalized spacial score (nSPS) is 12.7. The third kappa shape index (κ3) is 65.1. The maximum absolute atomic E-state index is 12.9. The summed E-state index contributed by atoms with van der Waals surface area (Å²) in [7, 11) is 0. The fraction of sp³-hybridized carbons (Fsp3) is 0.743. The molecule has 1 atom stereocenters. The molecule has 0 aromatic heterocycles. The van der Waals surface area contributed by atoms with E-state index in [1.165, 1.54) is 173 Å². The number of allylic oxidation sites excluding steroid dienone is 16. The molecule has 0 radical (unpaired) electrons. The summed E-state index contributed by atoms with van der Waals surface area (Å²) in [4.78, 5) is 38.2. The van der Waals surface area contributed by atoms with Crippen molar-refractivity contribution in [1.29, 1.82) is 0 Å². The number of ether oxygens (including phenoxy) is 3. The van der Waals surface area contributed by atoms with Gasteiger partial charge in [-0.1, -0.05) is 311 Å². The van der Waals surface area contributed by atoms with Crippen LogP contribution in [0.5, 0.6) is 0 Å². The molecule has 0 bridgehead atoms. The molecular weight excluding hydrogens is 985 g/mol. The molecule has 6 nitrogen and oxygen atoms in total. The van der Waals surface area contributed by atoms with E-state index in [0.717, 1.165) is 122 Å². The Balaban J connectivity index is 4.10. The summed E-state index contributed by atoms with van der Waals surface area (Å²) in [6.45, 7) is 6.50. The number of unbranched alkanes of at least 4 members (excludes halogenated alkanes) is 35. The van der Waals surface area contributed by atoms with Crippen LogP contribution in [0.3, 0.4) is 0 Å². The summed E-state index contributed by atoms with van der Waals surface area (Å²) in [5.74, 6) is -0.894. The van der Waals surface area contributed by atoms with Crippen molar-refractivity contribution >= 4 is 17.9 Å². The first-order valence-corrected chi connectivity index (χ1v) is 34.2. The van der Waals surface area contributed by atoms with Gasteiger partial charge in [0.25, 0.3) is 0 Å². The standard InChI is InChI=1S/C74H128O6/c1-4-7-10-13-16-19-21-23-25-27-29-31-32-33-34-35-36-37-38-39-40-41-42-44-45-47-49-51-53-55-58-61-64-67-73(76)79-70-71(69-78-72(75)66-63-60-57-18-15-12-9-6-3)80-74(77)68-65-62-59-56-54-52-50-48-46-43-30-28-26-24-22-20-17-14-11-8-5-2/h8,11,17,20-21,23-24,26-27,29-30,32-33,43,48,50,71H,4-7,9-10,12-16,18-19,22,25,28,31,34-42,44-47,49,51-70H2,1-3H3/b11-8-,20-17-,23-21-,26-24-,29-27-,33-32-,43-30-,50-48-. The molecule has 80 heavy (non-hydrogen) atoms. The molecule has 0 aromatic rings. The van der Waals surface area contributed by atoms with Gasteiger partial charge in [0.1, 0.15) is 13.2 Å². The molecule has 1 unspecified atom stereocenters. The highest BCUT2D eigenvalue weighted by Crippen LogP contribution is 2.17. The van der Waals surface area contributed by atoms with Gasteiger partial charge >= 0.3 is 17.9 Å². The minimum atomic E-state index is -0.786. The van der Waals surface area contributed by atoms with E-state index in [-0.39, 0.29) is 31.1 Å². The SMILES string of the molecule is CC/C=C\C/C=C\C/C=C\C/C=C\C/C=C\CCCCCCCC(=O)OC(COC(=O)CCCCCCCCCC)COC(=O)CCCCCCCCCCCCCCCCCCCC/C=C\C/C=C\C/C=C\CCCCCCC. The Kier molecular flexibility index (Phi) is 64.7. The van der Waals surface area contributed by atoms with Crippen molar-refractivity contribution in [2.24, 2.45) is 0 Å². The number of carbonyl (C=O) groups excluding carboxylic acids is 3. The minimum Gasteiger partial charge on any atom is -0.462 e. The van der Waals surface area contributed by atoms with Gasteiger partial charge in [-0.25, -0.2) is 0 Å². The molecule has 0 aliphatic rings. The lowest BCUT2D eigenvalue weighted by Gasteiger charge is -2.18. The van der Waals surface area contributed by atoms with E-state index < -0.39 is 6.10 Å². The third-order valence-corrected chi connectivity index (χ3v) is 14.8. The predicted molar refractivity (Wildman–Crippen MR) is 348 cm³/mol. The maximum Gasteiger partial charge on any atom is 0.306 e. The van der Waals surface area contributed by atoms with E-state index >= 15 is 0 Å². The molecule has 0 heterocycles. The molecule has 0 saturated carbocycles. The molecule has 0 amide bonds. The van der Waals surface area contributed by atoms with Gasteiger partial charge in [0.15, 0.2) is 6.10 Å². The van der Waals surface area contributed by atoms with Crippen LogP contribution in [-0.4, -0.2) is 37.2 Å². The molecule has 0 aromatic carbocycles. The van der Waals surface area contributed by atoms with Crippen molar-refractivity contribution in [1.82, 2.24) is 0 Å². The van der Waals surface area contributed by atoms with Gasteiger partial charge in [-0.05, 0) is 103 Å². The number of hydrogen-bond acceptors (Lipinski definition) is 6. The zero-order chi connectivity index (χ0) is 57.8. The summed E-state index contributed by atoms with van der Waals surface area (Å²) < 4.78 is 16.9. The van der Waals surface area contributed by atoms with E-state index in [2.05, 4.69) is 118 Å². The first kappa shape index (κ1) is 76.3. The van der Waals surface area contributed by atoms with E-state index in [1.807, 2.05) is 0 Å². The van der Waals surface area contributed by atoms with Crippen LogP contribution in [0.25, 0.3) is 0 Å². The van der Waals surface area contributed by atoms with Crippen LogP contribution in [0.15, 0.2) is 97.2 Å². The largest absolute Gasteiger partial charge is 0.462 e. The van der Waals surface area contributed by atoms with Gasteiger partial charge in [0.05, 0.1) is 0 Å². The van der Waals surface area contributed by atoms with Crippen LogP contribution in [0.4, 0.5) is 0 Å². The van der Waals surface area contributed by atoms with Crippen LogP contribution in [0.2, 0.25) is 0 Å². The molecule has 460 valence electrons. The Morgan fingerprint density at radius 3 is 0.762 bits per heavy atom. The van der Waals surface area contributed by atoms with Crippen LogP contribution in [0, 0.1) is 0 Å². The van der Waals surface area contributed by atoms with Crippen molar-refractivity contribution < 1.29 is 28.6 Å². The average molecular weight is 1110 g/mol. The van der Waals surface area contributed by atoms with Crippen molar-refractivity contribution in [3.05, 3.63) is 97.2 Å². The molecule has 0 saturated heterocycles. The summed E-state index contributed by atoms with van der Waals surface area (Å²) in [5.41, 5.74) is 0. The second-order valence-corrected chi connectivity index (χ2v) is 22.7. The topological polar surface area (TPSA) is 78.9 Å². The van der Waals surface area contributed by atoms with Crippen molar-refractivity contribution in [2.45, 2.75) is 341 Å². The summed E-state index contributed by atoms with van der Waals surface area (Å²) in [6.07, 6.45) is 91.7. The third-order valence-electron chi connectivity index (χ3n) is 14.8. The zero-order valence-electron chi connectivity index (χ0n) is 52.8. The Morgan fingerprint density at radius 2 is 0.487 bits per heavy atom. The molecule has 0 rings (SSSR count). The van der Waals surface area contributed by atoms with E-state index in [4.69, 9.17) is 14.2 Å². The molecule has 0 aliphatic carbocycles. The van der Waals surface area contributed by atoms with E-state index in [9.17, 15) is 14.4 Å². The second-order valence-electron chi connectivity index (χ2n) is 22.7. The molecule has 0 fully saturated rings. The number of rotatable bonds is 62. The Hall–Kier alpha value is -3.67. The highest BCUT2D eigenvalue weighted by Gasteiger charge is 2.19. The van der Waals surface area contributed by atoms with Gasteiger partial charge in [-0.15, -0.1) is 0 Å². The lowest BCUT2D eigenvalue weighted by molar-refractivity contribution is -0.167. The zero-order valence-corrected chi connectivity index (χ0v) is 52.8. The monoisotopic (exact) mass is 1110 g/mol. The van der Waals surface area contributed by atoms with Gasteiger partial charge in [0, 0.05) is 19.3 Å². The molecule has 0 N–H and O–H groups in total. The maximum atomic E-state index is 12.9. The number of carbonyl (C=O) groups is 3. The van der Waals surface area contributed by atoms with Crippen LogP contribution < -0.4 is 0 Å². The molecule has 0 aliphatic heterocycles. The lowest BCUT2D eigenvalue weighted by atomic mass is 10.0.